The monoisotopic (exact) mass is 425 g/mol. The predicted molar refractivity (Wildman–Crippen MR) is 119 cm³/mol. The molecule has 5 rings (SSSR count). The van der Waals surface area contributed by atoms with Crippen molar-refractivity contribution in [3.63, 3.8) is 0 Å². The Balaban J connectivity index is 1.67. The zero-order valence-electron chi connectivity index (χ0n) is 16.5. The number of fused-ring (bicyclic) bond motifs is 5. The molecule has 0 fully saturated rings. The molecule has 1 N–H and O–H groups in total. The normalized spacial score (nSPS) is 15.3. The molecule has 0 atom stereocenters. The molecule has 2 aromatic heterocycles. The number of unbranched alkanes of at least 4 members (excludes halogenated alkanes) is 2. The Morgan fingerprint density at radius 1 is 1.17 bits per heavy atom. The van der Waals surface area contributed by atoms with Gasteiger partial charge in [-0.2, -0.15) is 0 Å². The van der Waals surface area contributed by atoms with Gasteiger partial charge in [-0.3, -0.25) is 9.56 Å². The second-order valence-electron chi connectivity index (χ2n) is 7.61. The van der Waals surface area contributed by atoms with E-state index in [1.807, 2.05) is 23.5 Å². The number of aryl methyl sites for hydroxylation is 1. The number of benzene rings is 1. The summed E-state index contributed by atoms with van der Waals surface area (Å²) in [7, 11) is 0. The van der Waals surface area contributed by atoms with Crippen LogP contribution in [0.5, 0.6) is 0 Å². The minimum absolute atomic E-state index is 0.549. The lowest BCUT2D eigenvalue weighted by Gasteiger charge is -2.15. The number of aliphatic imine (C=N–C) groups is 1. The molecule has 3 aromatic rings. The van der Waals surface area contributed by atoms with Crippen molar-refractivity contribution in [3.05, 3.63) is 62.5 Å². The van der Waals surface area contributed by atoms with E-state index in [1.54, 1.807) is 0 Å². The van der Waals surface area contributed by atoms with Crippen LogP contribution in [0, 0.1) is 0 Å². The second-order valence-corrected chi connectivity index (χ2v) is 9.13. The zero-order valence-corrected chi connectivity index (χ0v) is 18.1. The number of nitrogens with zero attached hydrogens (tertiary/aromatic N) is 4. The van der Waals surface area contributed by atoms with Crippen molar-refractivity contribution in [2.45, 2.75) is 52.1 Å². The number of aromatic nitrogens is 3. The van der Waals surface area contributed by atoms with Crippen molar-refractivity contribution >= 4 is 28.6 Å². The van der Waals surface area contributed by atoms with E-state index in [9.17, 15) is 0 Å². The molecule has 2 aliphatic rings. The van der Waals surface area contributed by atoms with E-state index in [0.717, 1.165) is 60.3 Å². The summed E-state index contributed by atoms with van der Waals surface area (Å²) in [6.45, 7) is 4.70. The molecule has 7 heteroatoms. The topological polar surface area (TPSA) is 55.1 Å². The van der Waals surface area contributed by atoms with Gasteiger partial charge in [0, 0.05) is 34.0 Å². The Morgan fingerprint density at radius 3 is 2.86 bits per heavy atom. The number of hydrogen-bond acceptors (Lipinski definition) is 5. The van der Waals surface area contributed by atoms with Gasteiger partial charge in [0.05, 0.1) is 5.71 Å². The highest BCUT2D eigenvalue weighted by atomic mass is 35.5. The summed E-state index contributed by atoms with van der Waals surface area (Å²) < 4.78 is 2.29. The molecule has 0 saturated heterocycles. The third-order valence-electron chi connectivity index (χ3n) is 5.65. The third kappa shape index (κ3) is 3.43. The number of halogens is 1. The van der Waals surface area contributed by atoms with Crippen molar-refractivity contribution in [2.75, 3.05) is 6.54 Å². The highest BCUT2D eigenvalue weighted by Crippen LogP contribution is 2.38. The molecule has 2 aliphatic heterocycles. The number of nitrogens with one attached hydrogen (secondary N) is 1. The fraction of sp³-hybridized carbons (Fsp3) is 0.409. The van der Waals surface area contributed by atoms with E-state index in [-0.39, 0.29) is 0 Å². The summed E-state index contributed by atoms with van der Waals surface area (Å²) in [5.41, 5.74) is 4.87. The van der Waals surface area contributed by atoms with Crippen molar-refractivity contribution in [2.24, 2.45) is 4.99 Å². The van der Waals surface area contributed by atoms with Crippen LogP contribution >= 0.6 is 22.9 Å². The van der Waals surface area contributed by atoms with Gasteiger partial charge in [-0.15, -0.1) is 21.5 Å². The van der Waals surface area contributed by atoms with E-state index in [1.165, 1.54) is 33.8 Å². The van der Waals surface area contributed by atoms with Gasteiger partial charge in [-0.1, -0.05) is 43.5 Å². The molecule has 0 aliphatic carbocycles. The van der Waals surface area contributed by atoms with Crippen LogP contribution in [0.15, 0.2) is 29.3 Å². The van der Waals surface area contributed by atoms with E-state index >= 15 is 0 Å². The summed E-state index contributed by atoms with van der Waals surface area (Å²) in [6.07, 6.45) is 5.54. The van der Waals surface area contributed by atoms with Gasteiger partial charge < -0.3 is 5.32 Å². The Kier molecular flexibility index (Phi) is 5.24. The molecule has 150 valence electrons. The maximum atomic E-state index is 6.15. The fourth-order valence-electron chi connectivity index (χ4n) is 4.18. The first kappa shape index (κ1) is 19.0. The molecule has 0 spiro atoms. The highest BCUT2D eigenvalue weighted by molar-refractivity contribution is 7.15. The Bertz CT molecular complexity index is 1060. The zero-order chi connectivity index (χ0) is 19.8. The van der Waals surface area contributed by atoms with Crippen LogP contribution < -0.4 is 5.32 Å². The van der Waals surface area contributed by atoms with Gasteiger partial charge >= 0.3 is 0 Å². The summed E-state index contributed by atoms with van der Waals surface area (Å²) in [4.78, 5) is 6.44. The minimum Gasteiger partial charge on any atom is -0.312 e. The van der Waals surface area contributed by atoms with Crippen LogP contribution in [0.1, 0.15) is 59.4 Å². The molecular weight excluding hydrogens is 402 g/mol. The Morgan fingerprint density at radius 2 is 2.03 bits per heavy atom. The van der Waals surface area contributed by atoms with Gasteiger partial charge in [0.1, 0.15) is 17.4 Å². The molecule has 5 nitrogen and oxygen atoms in total. The lowest BCUT2D eigenvalue weighted by molar-refractivity contribution is 0.654. The second kappa shape index (κ2) is 8.01. The molecule has 29 heavy (non-hydrogen) atoms. The van der Waals surface area contributed by atoms with E-state index in [0.29, 0.717) is 6.54 Å². The maximum Gasteiger partial charge on any atom is 0.160 e. The van der Waals surface area contributed by atoms with Gasteiger partial charge in [0.15, 0.2) is 5.82 Å². The predicted octanol–water partition coefficient (Wildman–Crippen LogP) is 4.71. The Hall–Kier alpha value is -2.02. The smallest absolute Gasteiger partial charge is 0.160 e. The average Bonchev–Trinajstić information content (AvgIpc) is 3.27. The van der Waals surface area contributed by atoms with Crippen LogP contribution in [0.25, 0.3) is 5.00 Å². The van der Waals surface area contributed by atoms with Gasteiger partial charge in [-0.25, -0.2) is 0 Å². The van der Waals surface area contributed by atoms with Crippen molar-refractivity contribution in [3.8, 4) is 5.00 Å². The summed E-state index contributed by atoms with van der Waals surface area (Å²) in [5.74, 6) is 2.00. The molecule has 0 amide bonds. The first-order chi connectivity index (χ1) is 14.3. The van der Waals surface area contributed by atoms with Crippen LogP contribution in [-0.4, -0.2) is 27.0 Å². The molecule has 0 unspecified atom stereocenters. The number of rotatable bonds is 5. The standard InChI is InChI=1S/C22H24ClN5S/c1-2-3-4-5-18-26-27-19-13-25-21(14-6-8-15(23)9-7-14)20-16-10-11-24-12-17(16)29-22(20)28(18)19/h6-9,24H,2-5,10-13H2,1H3. The fourth-order valence-corrected chi connectivity index (χ4v) is 5.66. The lowest BCUT2D eigenvalue weighted by atomic mass is 9.96. The molecule has 0 saturated carbocycles. The molecule has 4 heterocycles. The number of hydrogen-bond donors (Lipinski definition) is 1. The molecule has 1 aromatic carbocycles. The van der Waals surface area contributed by atoms with Crippen LogP contribution in [-0.2, 0) is 25.9 Å². The largest absolute Gasteiger partial charge is 0.312 e. The van der Waals surface area contributed by atoms with E-state index in [2.05, 4.69) is 39.1 Å². The highest BCUT2D eigenvalue weighted by Gasteiger charge is 2.30. The quantitative estimate of drug-likeness (QED) is 0.602. The van der Waals surface area contributed by atoms with Crippen molar-refractivity contribution in [1.82, 2.24) is 20.1 Å². The van der Waals surface area contributed by atoms with Gasteiger partial charge in [-0.05, 0) is 37.1 Å². The number of thiophene rings is 1. The molecular formula is C22H24ClN5S. The van der Waals surface area contributed by atoms with Crippen LogP contribution in [0.2, 0.25) is 5.02 Å². The van der Waals surface area contributed by atoms with E-state index in [4.69, 9.17) is 16.6 Å². The third-order valence-corrected chi connectivity index (χ3v) is 7.12. The Labute approximate surface area is 179 Å². The summed E-state index contributed by atoms with van der Waals surface area (Å²) in [5, 5.41) is 14.6. The molecule has 0 bridgehead atoms. The summed E-state index contributed by atoms with van der Waals surface area (Å²) in [6, 6.07) is 8.04. The summed E-state index contributed by atoms with van der Waals surface area (Å²) >= 11 is 8.01. The first-order valence-electron chi connectivity index (χ1n) is 10.4. The van der Waals surface area contributed by atoms with Crippen molar-refractivity contribution < 1.29 is 0 Å². The van der Waals surface area contributed by atoms with Crippen LogP contribution in [0.4, 0.5) is 0 Å². The van der Waals surface area contributed by atoms with Crippen molar-refractivity contribution in [1.29, 1.82) is 0 Å². The van der Waals surface area contributed by atoms with Crippen LogP contribution in [0.3, 0.4) is 0 Å². The SMILES string of the molecule is CCCCCc1nnc2n1-c1sc3c(c1C(c1ccc(Cl)cc1)=NC2)CCNC3. The molecule has 0 radical (unpaired) electrons. The van der Waals surface area contributed by atoms with Gasteiger partial charge in [0.2, 0.25) is 0 Å². The minimum atomic E-state index is 0.549. The average molecular weight is 426 g/mol. The van der Waals surface area contributed by atoms with E-state index < -0.39 is 0 Å². The lowest BCUT2D eigenvalue weighted by Crippen LogP contribution is -2.23. The first-order valence-corrected chi connectivity index (χ1v) is 11.5. The van der Waals surface area contributed by atoms with Gasteiger partial charge in [0.25, 0.3) is 0 Å². The maximum absolute atomic E-state index is 6.15.